The standard InChI is InChI=1S/C19H17N7OS/c27-18(17(26-13-22-24-25-26)14-5-2-1-3-6-14)21-10-8-16-12-28-19(23-16)15-7-4-9-20-11-15/h1-7,9,11-13,17H,8,10H2,(H,21,27)/t17-/m0/s1. The van der Waals surface area contributed by atoms with E-state index in [4.69, 9.17) is 0 Å². The largest absolute Gasteiger partial charge is 0.354 e. The second-order valence-electron chi connectivity index (χ2n) is 6.03. The van der Waals surface area contributed by atoms with Crippen molar-refractivity contribution in [3.8, 4) is 10.6 Å². The summed E-state index contributed by atoms with van der Waals surface area (Å²) in [6.07, 6.45) is 5.61. The fraction of sp³-hybridized carbons (Fsp3) is 0.158. The molecule has 1 aromatic carbocycles. The third-order valence-corrected chi connectivity index (χ3v) is 5.07. The lowest BCUT2D eigenvalue weighted by molar-refractivity contribution is -0.123. The molecule has 1 amide bonds. The predicted molar refractivity (Wildman–Crippen MR) is 104 cm³/mol. The highest BCUT2D eigenvalue weighted by molar-refractivity contribution is 7.13. The minimum absolute atomic E-state index is 0.166. The van der Waals surface area contributed by atoms with Crippen LogP contribution in [0.2, 0.25) is 0 Å². The Bertz CT molecular complexity index is 1020. The number of hydrogen-bond donors (Lipinski definition) is 1. The van der Waals surface area contributed by atoms with E-state index >= 15 is 0 Å². The summed E-state index contributed by atoms with van der Waals surface area (Å²) < 4.78 is 1.45. The average molecular weight is 391 g/mol. The fourth-order valence-electron chi connectivity index (χ4n) is 2.80. The van der Waals surface area contributed by atoms with Gasteiger partial charge in [0.05, 0.1) is 5.69 Å². The van der Waals surface area contributed by atoms with Gasteiger partial charge < -0.3 is 5.32 Å². The second-order valence-corrected chi connectivity index (χ2v) is 6.89. The highest BCUT2D eigenvalue weighted by Gasteiger charge is 2.23. The first-order valence-electron chi connectivity index (χ1n) is 8.71. The van der Waals surface area contributed by atoms with Crippen LogP contribution in [0.25, 0.3) is 10.6 Å². The lowest BCUT2D eigenvalue weighted by atomic mass is 10.1. The van der Waals surface area contributed by atoms with Gasteiger partial charge in [0.2, 0.25) is 5.91 Å². The van der Waals surface area contributed by atoms with Crippen molar-refractivity contribution in [2.75, 3.05) is 6.54 Å². The monoisotopic (exact) mass is 391 g/mol. The van der Waals surface area contributed by atoms with Crippen molar-refractivity contribution in [2.45, 2.75) is 12.5 Å². The van der Waals surface area contributed by atoms with E-state index in [0.29, 0.717) is 13.0 Å². The Labute approximate surface area is 165 Å². The van der Waals surface area contributed by atoms with Crippen LogP contribution < -0.4 is 5.32 Å². The molecule has 1 atom stereocenters. The van der Waals surface area contributed by atoms with Crippen LogP contribution in [0.5, 0.6) is 0 Å². The van der Waals surface area contributed by atoms with Crippen molar-refractivity contribution in [2.24, 2.45) is 0 Å². The molecular formula is C19H17N7OS. The van der Waals surface area contributed by atoms with E-state index in [9.17, 15) is 4.79 Å². The van der Waals surface area contributed by atoms with Crippen LogP contribution in [-0.4, -0.2) is 42.6 Å². The van der Waals surface area contributed by atoms with Gasteiger partial charge >= 0.3 is 0 Å². The summed E-state index contributed by atoms with van der Waals surface area (Å²) in [6.45, 7) is 0.473. The SMILES string of the molecule is O=C(NCCc1csc(-c2cccnc2)n1)[C@H](c1ccccc1)n1cnnn1. The molecule has 0 radical (unpaired) electrons. The number of carbonyl (C=O) groups excluding carboxylic acids is 1. The van der Waals surface area contributed by atoms with Crippen molar-refractivity contribution in [3.05, 3.63) is 77.8 Å². The molecule has 0 spiro atoms. The van der Waals surface area contributed by atoms with Crippen molar-refractivity contribution >= 4 is 17.2 Å². The molecule has 0 aliphatic rings. The van der Waals surface area contributed by atoms with E-state index < -0.39 is 6.04 Å². The Hall–Kier alpha value is -3.46. The number of rotatable bonds is 7. The number of thiazole rings is 1. The summed E-state index contributed by atoms with van der Waals surface area (Å²) in [5.41, 5.74) is 2.74. The third-order valence-electron chi connectivity index (χ3n) is 4.13. The molecule has 0 saturated carbocycles. The first-order valence-corrected chi connectivity index (χ1v) is 9.59. The van der Waals surface area contributed by atoms with E-state index in [1.54, 1.807) is 23.7 Å². The van der Waals surface area contributed by atoms with Crippen LogP contribution in [0, 0.1) is 0 Å². The van der Waals surface area contributed by atoms with Gasteiger partial charge in [-0.2, -0.15) is 0 Å². The number of benzene rings is 1. The molecule has 0 unspecified atom stereocenters. The van der Waals surface area contributed by atoms with Crippen LogP contribution in [0.15, 0.2) is 66.6 Å². The molecule has 4 aromatic rings. The molecule has 1 N–H and O–H groups in total. The lowest BCUT2D eigenvalue weighted by Gasteiger charge is -2.16. The molecule has 0 fully saturated rings. The van der Waals surface area contributed by atoms with Crippen molar-refractivity contribution in [1.82, 2.24) is 35.5 Å². The zero-order valence-electron chi connectivity index (χ0n) is 14.8. The Balaban J connectivity index is 1.40. The summed E-state index contributed by atoms with van der Waals surface area (Å²) in [6, 6.07) is 12.7. The predicted octanol–water partition coefficient (Wildman–Crippen LogP) is 2.14. The molecule has 4 rings (SSSR count). The molecule has 9 heteroatoms. The summed E-state index contributed by atoms with van der Waals surface area (Å²) in [4.78, 5) is 21.5. The highest BCUT2D eigenvalue weighted by Crippen LogP contribution is 2.22. The van der Waals surface area contributed by atoms with Gasteiger partial charge in [-0.25, -0.2) is 9.67 Å². The van der Waals surface area contributed by atoms with E-state index in [0.717, 1.165) is 21.8 Å². The van der Waals surface area contributed by atoms with E-state index in [2.05, 4.69) is 30.8 Å². The number of hydrogen-bond acceptors (Lipinski definition) is 7. The van der Waals surface area contributed by atoms with Crippen LogP contribution in [0.3, 0.4) is 0 Å². The van der Waals surface area contributed by atoms with Gasteiger partial charge in [-0.05, 0) is 28.1 Å². The number of carbonyl (C=O) groups is 1. The molecule has 8 nitrogen and oxygen atoms in total. The highest BCUT2D eigenvalue weighted by atomic mass is 32.1. The molecule has 0 aliphatic heterocycles. The fourth-order valence-corrected chi connectivity index (χ4v) is 3.65. The minimum atomic E-state index is -0.613. The first kappa shape index (κ1) is 17.9. The maximum absolute atomic E-state index is 12.8. The molecule has 0 aliphatic carbocycles. The zero-order valence-corrected chi connectivity index (χ0v) is 15.7. The number of aromatic nitrogens is 6. The van der Waals surface area contributed by atoms with E-state index in [1.165, 1.54) is 11.0 Å². The van der Waals surface area contributed by atoms with Crippen molar-refractivity contribution in [3.63, 3.8) is 0 Å². The Morgan fingerprint density at radius 2 is 2.07 bits per heavy atom. The number of nitrogens with zero attached hydrogens (tertiary/aromatic N) is 6. The molecule has 3 aromatic heterocycles. The summed E-state index contributed by atoms with van der Waals surface area (Å²) >= 11 is 1.57. The topological polar surface area (TPSA) is 98.5 Å². The maximum atomic E-state index is 12.8. The van der Waals surface area contributed by atoms with Gasteiger partial charge in [0.1, 0.15) is 11.3 Å². The van der Waals surface area contributed by atoms with Crippen LogP contribution in [0.4, 0.5) is 0 Å². The van der Waals surface area contributed by atoms with Gasteiger partial charge in [0, 0.05) is 36.3 Å². The quantitative estimate of drug-likeness (QED) is 0.518. The summed E-state index contributed by atoms with van der Waals surface area (Å²) in [5, 5.41) is 17.1. The normalized spacial score (nSPS) is 11.9. The average Bonchev–Trinajstić information content (AvgIpc) is 3.42. The van der Waals surface area contributed by atoms with Crippen molar-refractivity contribution < 1.29 is 4.79 Å². The molecular weight excluding hydrogens is 374 g/mol. The summed E-state index contributed by atoms with van der Waals surface area (Å²) in [7, 11) is 0. The maximum Gasteiger partial charge on any atom is 0.249 e. The van der Waals surface area contributed by atoms with Crippen LogP contribution in [0.1, 0.15) is 17.3 Å². The smallest absolute Gasteiger partial charge is 0.249 e. The molecule has 0 saturated heterocycles. The Kier molecular flexibility index (Phi) is 5.43. The number of nitrogens with one attached hydrogen (secondary N) is 1. The Morgan fingerprint density at radius 3 is 2.82 bits per heavy atom. The molecule has 0 bridgehead atoms. The zero-order chi connectivity index (χ0) is 19.2. The van der Waals surface area contributed by atoms with Crippen LogP contribution in [-0.2, 0) is 11.2 Å². The number of amides is 1. The van der Waals surface area contributed by atoms with Crippen molar-refractivity contribution in [1.29, 1.82) is 0 Å². The lowest BCUT2D eigenvalue weighted by Crippen LogP contribution is -2.35. The van der Waals surface area contributed by atoms with Gasteiger partial charge in [0.25, 0.3) is 0 Å². The second kappa shape index (κ2) is 8.49. The Morgan fingerprint density at radius 1 is 1.18 bits per heavy atom. The summed E-state index contributed by atoms with van der Waals surface area (Å²) in [5.74, 6) is -0.166. The molecule has 140 valence electrons. The first-order chi connectivity index (χ1) is 13.8. The number of tetrazole rings is 1. The van der Waals surface area contributed by atoms with Crippen LogP contribution >= 0.6 is 11.3 Å². The van der Waals surface area contributed by atoms with Gasteiger partial charge in [-0.3, -0.25) is 9.78 Å². The van der Waals surface area contributed by atoms with E-state index in [-0.39, 0.29) is 5.91 Å². The number of pyridine rings is 1. The van der Waals surface area contributed by atoms with Gasteiger partial charge in [0.15, 0.2) is 6.04 Å². The molecule has 3 heterocycles. The minimum Gasteiger partial charge on any atom is -0.354 e. The van der Waals surface area contributed by atoms with Gasteiger partial charge in [-0.15, -0.1) is 16.4 Å². The third kappa shape index (κ3) is 4.09. The van der Waals surface area contributed by atoms with E-state index in [1.807, 2.05) is 47.8 Å². The van der Waals surface area contributed by atoms with Gasteiger partial charge in [-0.1, -0.05) is 30.3 Å². The molecule has 28 heavy (non-hydrogen) atoms.